The van der Waals surface area contributed by atoms with Gasteiger partial charge in [-0.1, -0.05) is 39.8 Å². The summed E-state index contributed by atoms with van der Waals surface area (Å²) in [7, 11) is 0. The first-order valence-electron chi connectivity index (χ1n) is 12.0. The van der Waals surface area contributed by atoms with E-state index in [1.54, 1.807) is 17.0 Å². The third kappa shape index (κ3) is 5.13. The maximum absolute atomic E-state index is 13.4. The lowest BCUT2D eigenvalue weighted by Gasteiger charge is -2.27. The van der Waals surface area contributed by atoms with E-state index in [2.05, 4.69) is 27.7 Å². The van der Waals surface area contributed by atoms with Gasteiger partial charge < -0.3 is 14.4 Å². The van der Waals surface area contributed by atoms with Gasteiger partial charge in [0.15, 0.2) is 0 Å². The molecule has 1 fully saturated rings. The Bertz CT molecular complexity index is 1160. The van der Waals surface area contributed by atoms with Crippen LogP contribution in [0.3, 0.4) is 0 Å². The quantitative estimate of drug-likeness (QED) is 0.480. The summed E-state index contributed by atoms with van der Waals surface area (Å²) in [5.41, 5.74) is 2.39. The fourth-order valence-electron chi connectivity index (χ4n) is 4.72. The van der Waals surface area contributed by atoms with E-state index in [1.807, 2.05) is 33.7 Å². The first-order valence-corrected chi connectivity index (χ1v) is 12.0. The maximum Gasteiger partial charge on any atom is 0.242 e. The Kier molecular flexibility index (Phi) is 7.00. The number of rotatable bonds is 8. The van der Waals surface area contributed by atoms with Gasteiger partial charge in [-0.05, 0) is 48.2 Å². The number of carbonyl (C=O) groups excluding carboxylic acids is 2. The van der Waals surface area contributed by atoms with Crippen LogP contribution in [0.25, 0.3) is 11.0 Å². The Hall–Kier alpha value is -3.22. The molecule has 34 heavy (non-hydrogen) atoms. The second kappa shape index (κ2) is 9.95. The number of aromatic nitrogens is 2. The predicted octanol–water partition coefficient (Wildman–Crippen LogP) is 4.84. The molecule has 180 valence electrons. The molecule has 2 aromatic carbocycles. The Balaban J connectivity index is 1.65. The van der Waals surface area contributed by atoms with Crippen LogP contribution in [0.5, 0.6) is 0 Å². The first kappa shape index (κ1) is 23.9. The smallest absolute Gasteiger partial charge is 0.242 e. The Morgan fingerprint density at radius 2 is 1.71 bits per heavy atom. The minimum absolute atomic E-state index is 0.0252. The molecular formula is C27H33FN4O2. The molecule has 0 N–H and O–H groups in total. The van der Waals surface area contributed by atoms with E-state index in [4.69, 9.17) is 4.98 Å². The van der Waals surface area contributed by atoms with Gasteiger partial charge in [0.2, 0.25) is 11.8 Å². The molecule has 1 aromatic heterocycles. The number of halogens is 1. The van der Waals surface area contributed by atoms with Gasteiger partial charge in [0.1, 0.15) is 18.2 Å². The van der Waals surface area contributed by atoms with Crippen molar-refractivity contribution in [2.45, 2.75) is 46.6 Å². The zero-order valence-corrected chi connectivity index (χ0v) is 20.4. The Morgan fingerprint density at radius 3 is 2.35 bits per heavy atom. The molecule has 2 heterocycles. The Morgan fingerprint density at radius 1 is 1.06 bits per heavy atom. The van der Waals surface area contributed by atoms with Gasteiger partial charge in [0.05, 0.1) is 11.0 Å². The van der Waals surface area contributed by atoms with E-state index < -0.39 is 0 Å². The number of amides is 2. The second-order valence-corrected chi connectivity index (χ2v) is 10.0. The van der Waals surface area contributed by atoms with Gasteiger partial charge >= 0.3 is 0 Å². The highest BCUT2D eigenvalue weighted by molar-refractivity contribution is 5.96. The van der Waals surface area contributed by atoms with Crippen molar-refractivity contribution in [3.05, 3.63) is 60.2 Å². The molecule has 0 radical (unpaired) electrons. The number of benzene rings is 2. The number of para-hydroxylation sites is 2. The van der Waals surface area contributed by atoms with E-state index in [1.165, 1.54) is 12.1 Å². The summed E-state index contributed by atoms with van der Waals surface area (Å²) in [4.78, 5) is 34.8. The molecule has 4 rings (SSSR count). The van der Waals surface area contributed by atoms with Crippen LogP contribution in [0.2, 0.25) is 0 Å². The van der Waals surface area contributed by atoms with Crippen LogP contribution in [0.1, 0.15) is 45.9 Å². The molecule has 3 aromatic rings. The highest BCUT2D eigenvalue weighted by atomic mass is 19.1. The van der Waals surface area contributed by atoms with Gasteiger partial charge in [-0.15, -0.1) is 0 Å². The van der Waals surface area contributed by atoms with Crippen molar-refractivity contribution >= 4 is 28.5 Å². The minimum Gasteiger partial charge on any atom is -0.341 e. The summed E-state index contributed by atoms with van der Waals surface area (Å²) in [6.07, 6.45) is 0.302. The van der Waals surface area contributed by atoms with Crippen molar-refractivity contribution in [2.24, 2.45) is 11.8 Å². The van der Waals surface area contributed by atoms with Crippen LogP contribution in [0, 0.1) is 17.7 Å². The molecule has 1 aliphatic rings. The fraction of sp³-hybridized carbons (Fsp3) is 0.444. The van der Waals surface area contributed by atoms with Gasteiger partial charge in [0.25, 0.3) is 0 Å². The third-order valence-electron chi connectivity index (χ3n) is 6.13. The summed E-state index contributed by atoms with van der Waals surface area (Å²) < 4.78 is 15.4. The molecule has 1 aliphatic heterocycles. The van der Waals surface area contributed by atoms with Gasteiger partial charge in [-0.3, -0.25) is 9.59 Å². The number of hydrogen-bond donors (Lipinski definition) is 0. The average molecular weight is 465 g/mol. The minimum atomic E-state index is -0.334. The molecule has 0 spiro atoms. The summed E-state index contributed by atoms with van der Waals surface area (Å²) in [6.45, 7) is 10.5. The number of fused-ring (bicyclic) bond motifs is 1. The van der Waals surface area contributed by atoms with Crippen molar-refractivity contribution in [1.29, 1.82) is 0 Å². The molecule has 7 heteroatoms. The van der Waals surface area contributed by atoms with Crippen LogP contribution >= 0.6 is 0 Å². The van der Waals surface area contributed by atoms with E-state index >= 15 is 0 Å². The van der Waals surface area contributed by atoms with Crippen molar-refractivity contribution in [3.8, 4) is 0 Å². The molecule has 0 aliphatic carbocycles. The molecule has 1 unspecified atom stereocenters. The highest BCUT2D eigenvalue weighted by Gasteiger charge is 2.35. The summed E-state index contributed by atoms with van der Waals surface area (Å²) >= 11 is 0. The number of carbonyl (C=O) groups is 2. The largest absolute Gasteiger partial charge is 0.341 e. The lowest BCUT2D eigenvalue weighted by molar-refractivity contribution is -0.132. The Labute approximate surface area is 200 Å². The first-order chi connectivity index (χ1) is 16.2. The molecular weight excluding hydrogens is 431 g/mol. The SMILES string of the molecule is CC(C)CN(CC(C)C)C(=O)Cn1c(C2CC(=O)N(c3ccc(F)cc3)C2)nc2ccccc21. The molecule has 6 nitrogen and oxygen atoms in total. The predicted molar refractivity (Wildman–Crippen MR) is 132 cm³/mol. The number of hydrogen-bond acceptors (Lipinski definition) is 3. The maximum atomic E-state index is 13.4. The van der Waals surface area contributed by atoms with Crippen LogP contribution in [0.15, 0.2) is 48.5 Å². The molecule has 1 saturated heterocycles. The summed E-state index contributed by atoms with van der Waals surface area (Å²) in [5, 5.41) is 0. The van der Waals surface area contributed by atoms with E-state index in [0.717, 1.165) is 16.9 Å². The van der Waals surface area contributed by atoms with Crippen LogP contribution < -0.4 is 4.90 Å². The van der Waals surface area contributed by atoms with Crippen molar-refractivity contribution in [1.82, 2.24) is 14.5 Å². The third-order valence-corrected chi connectivity index (χ3v) is 6.13. The second-order valence-electron chi connectivity index (χ2n) is 10.0. The van der Waals surface area contributed by atoms with Gasteiger partial charge in [-0.2, -0.15) is 0 Å². The monoisotopic (exact) mass is 464 g/mol. The fourth-order valence-corrected chi connectivity index (χ4v) is 4.72. The normalized spacial score (nSPS) is 16.3. The molecule has 2 amide bonds. The van der Waals surface area contributed by atoms with Crippen LogP contribution in [-0.4, -0.2) is 45.9 Å². The van der Waals surface area contributed by atoms with Gasteiger partial charge in [-0.25, -0.2) is 9.37 Å². The average Bonchev–Trinajstić information content (AvgIpc) is 3.34. The van der Waals surface area contributed by atoms with Crippen LogP contribution in [0.4, 0.5) is 10.1 Å². The van der Waals surface area contributed by atoms with Crippen molar-refractivity contribution in [2.75, 3.05) is 24.5 Å². The molecule has 1 atom stereocenters. The van der Waals surface area contributed by atoms with Crippen LogP contribution in [-0.2, 0) is 16.1 Å². The highest BCUT2D eigenvalue weighted by Crippen LogP contribution is 2.33. The van der Waals surface area contributed by atoms with Crippen molar-refractivity contribution in [3.63, 3.8) is 0 Å². The summed E-state index contributed by atoms with van der Waals surface area (Å²) in [5.74, 6) is 1.05. The number of imidazole rings is 1. The van der Waals surface area contributed by atoms with E-state index in [9.17, 15) is 14.0 Å². The lowest BCUT2D eigenvalue weighted by Crippen LogP contribution is -2.39. The number of anilines is 1. The van der Waals surface area contributed by atoms with Gasteiger partial charge in [0, 0.05) is 37.7 Å². The molecule has 0 saturated carbocycles. The zero-order valence-electron chi connectivity index (χ0n) is 20.4. The topological polar surface area (TPSA) is 58.4 Å². The zero-order chi connectivity index (χ0) is 24.4. The van der Waals surface area contributed by atoms with E-state index in [0.29, 0.717) is 43.6 Å². The number of nitrogens with zero attached hydrogens (tertiary/aromatic N) is 4. The molecule has 0 bridgehead atoms. The standard InChI is InChI=1S/C27H33FN4O2/c1-18(2)14-30(15-19(3)4)26(34)17-32-24-8-6-5-7-23(24)29-27(32)20-13-25(33)31(16-20)22-11-9-21(28)10-12-22/h5-12,18-20H,13-17H2,1-4H3. The summed E-state index contributed by atoms with van der Waals surface area (Å²) in [6, 6.07) is 13.8. The van der Waals surface area contributed by atoms with Crippen molar-refractivity contribution < 1.29 is 14.0 Å². The van der Waals surface area contributed by atoms with E-state index in [-0.39, 0.29) is 30.1 Å². The lowest BCUT2D eigenvalue weighted by atomic mass is 10.1.